The molecule has 0 amide bonds. The number of thiophene rings is 1. The summed E-state index contributed by atoms with van der Waals surface area (Å²) in [5.74, 6) is 0.755. The van der Waals surface area contributed by atoms with Crippen LogP contribution in [0.1, 0.15) is 35.7 Å². The summed E-state index contributed by atoms with van der Waals surface area (Å²) in [5, 5.41) is 4.88. The fourth-order valence-electron chi connectivity index (χ4n) is 3.08. The zero-order valence-corrected chi connectivity index (χ0v) is 12.7. The van der Waals surface area contributed by atoms with Gasteiger partial charge in [-0.25, -0.2) is 9.97 Å². The molecule has 1 unspecified atom stereocenters. The minimum absolute atomic E-state index is 0.0369. The third kappa shape index (κ3) is 1.77. The van der Waals surface area contributed by atoms with Crippen LogP contribution in [0.3, 0.4) is 0 Å². The fraction of sp³-hybridized carbons (Fsp3) is 0.429. The van der Waals surface area contributed by atoms with E-state index < -0.39 is 0 Å². The summed E-state index contributed by atoms with van der Waals surface area (Å²) >= 11 is 1.66. The molecule has 1 aliphatic rings. The standard InChI is InChI=1S/C14H15N5OS/c1-8(12-15-6-17-18(12)2)19-7-16-13-11(14(19)20)9-4-3-5-10(9)21-13/h6-8H,3-5H2,1-2H3. The quantitative estimate of drug-likeness (QED) is 0.722. The van der Waals surface area contributed by atoms with Crippen molar-refractivity contribution in [2.75, 3.05) is 0 Å². The lowest BCUT2D eigenvalue weighted by Crippen LogP contribution is -2.26. The highest BCUT2D eigenvalue weighted by Gasteiger charge is 2.23. The van der Waals surface area contributed by atoms with Gasteiger partial charge in [-0.2, -0.15) is 5.10 Å². The minimum Gasteiger partial charge on any atom is -0.288 e. The van der Waals surface area contributed by atoms with Crippen molar-refractivity contribution in [3.05, 3.63) is 39.3 Å². The molecule has 6 nitrogen and oxygen atoms in total. The van der Waals surface area contributed by atoms with Gasteiger partial charge in [-0.15, -0.1) is 11.3 Å². The van der Waals surface area contributed by atoms with E-state index in [0.29, 0.717) is 0 Å². The average Bonchev–Trinajstić information content (AvgIpc) is 3.13. The van der Waals surface area contributed by atoms with Gasteiger partial charge in [0, 0.05) is 11.9 Å². The zero-order valence-electron chi connectivity index (χ0n) is 11.9. The number of fused-ring (bicyclic) bond motifs is 3. The van der Waals surface area contributed by atoms with Gasteiger partial charge in [-0.05, 0) is 31.7 Å². The van der Waals surface area contributed by atoms with Crippen molar-refractivity contribution in [3.8, 4) is 0 Å². The van der Waals surface area contributed by atoms with Gasteiger partial charge in [0.1, 0.15) is 17.0 Å². The predicted octanol–water partition coefficient (Wildman–Crippen LogP) is 1.68. The van der Waals surface area contributed by atoms with Crippen molar-refractivity contribution in [2.45, 2.75) is 32.2 Å². The smallest absolute Gasteiger partial charge is 0.263 e. The highest BCUT2D eigenvalue weighted by Crippen LogP contribution is 2.34. The first-order chi connectivity index (χ1) is 10.2. The number of nitrogens with zero attached hydrogens (tertiary/aromatic N) is 5. The normalized spacial score (nSPS) is 15.5. The first kappa shape index (κ1) is 12.7. The molecule has 3 heterocycles. The molecule has 3 aromatic rings. The highest BCUT2D eigenvalue weighted by molar-refractivity contribution is 7.18. The number of aromatic nitrogens is 5. The predicted molar refractivity (Wildman–Crippen MR) is 80.7 cm³/mol. The summed E-state index contributed by atoms with van der Waals surface area (Å²) in [5.41, 5.74) is 1.25. The van der Waals surface area contributed by atoms with Gasteiger partial charge in [0.25, 0.3) is 5.56 Å². The maximum absolute atomic E-state index is 12.9. The van der Waals surface area contributed by atoms with Crippen LogP contribution in [-0.2, 0) is 19.9 Å². The van der Waals surface area contributed by atoms with E-state index in [0.717, 1.165) is 35.3 Å². The second kappa shape index (κ2) is 4.49. The Morgan fingerprint density at radius 2 is 2.19 bits per heavy atom. The van der Waals surface area contributed by atoms with Crippen LogP contribution in [-0.4, -0.2) is 24.3 Å². The van der Waals surface area contributed by atoms with Crippen LogP contribution in [0.5, 0.6) is 0 Å². The Morgan fingerprint density at radius 1 is 1.33 bits per heavy atom. The van der Waals surface area contributed by atoms with E-state index in [2.05, 4.69) is 15.1 Å². The third-order valence-corrected chi connectivity index (χ3v) is 5.39. The van der Waals surface area contributed by atoms with Gasteiger partial charge in [0.15, 0.2) is 0 Å². The lowest BCUT2D eigenvalue weighted by atomic mass is 10.2. The second-order valence-corrected chi connectivity index (χ2v) is 6.50. The number of hydrogen-bond donors (Lipinski definition) is 0. The van der Waals surface area contributed by atoms with Crippen LogP contribution >= 0.6 is 11.3 Å². The minimum atomic E-state index is -0.182. The van der Waals surface area contributed by atoms with Gasteiger partial charge in [-0.1, -0.05) is 0 Å². The van der Waals surface area contributed by atoms with E-state index in [1.165, 1.54) is 16.8 Å². The summed E-state index contributed by atoms with van der Waals surface area (Å²) in [4.78, 5) is 23.8. The molecule has 21 heavy (non-hydrogen) atoms. The first-order valence-electron chi connectivity index (χ1n) is 7.02. The van der Waals surface area contributed by atoms with Crippen molar-refractivity contribution in [3.63, 3.8) is 0 Å². The lowest BCUT2D eigenvalue weighted by Gasteiger charge is -2.13. The monoisotopic (exact) mass is 301 g/mol. The Bertz CT molecular complexity index is 891. The van der Waals surface area contributed by atoms with Crippen LogP contribution in [0.15, 0.2) is 17.4 Å². The van der Waals surface area contributed by atoms with Crippen LogP contribution < -0.4 is 5.56 Å². The molecule has 3 aromatic heterocycles. The Morgan fingerprint density at radius 3 is 2.95 bits per heavy atom. The SMILES string of the molecule is CC(c1ncnn1C)n1cnc2sc3c(c2c1=O)CCC3. The van der Waals surface area contributed by atoms with E-state index in [4.69, 9.17) is 0 Å². The van der Waals surface area contributed by atoms with E-state index in [1.54, 1.807) is 26.9 Å². The summed E-state index contributed by atoms with van der Waals surface area (Å²) in [6, 6.07) is -0.182. The van der Waals surface area contributed by atoms with Crippen molar-refractivity contribution in [2.24, 2.45) is 7.05 Å². The lowest BCUT2D eigenvalue weighted by molar-refractivity contribution is 0.539. The Labute approximate surface area is 125 Å². The Hall–Kier alpha value is -2.02. The van der Waals surface area contributed by atoms with Crippen LogP contribution in [0.4, 0.5) is 0 Å². The van der Waals surface area contributed by atoms with Gasteiger partial charge in [0.2, 0.25) is 0 Å². The van der Waals surface area contributed by atoms with Gasteiger partial charge in [0.05, 0.1) is 17.8 Å². The van der Waals surface area contributed by atoms with Crippen molar-refractivity contribution < 1.29 is 0 Å². The molecule has 0 N–H and O–H groups in total. The van der Waals surface area contributed by atoms with Crippen molar-refractivity contribution in [1.29, 1.82) is 0 Å². The van der Waals surface area contributed by atoms with Crippen LogP contribution in [0, 0.1) is 0 Å². The van der Waals surface area contributed by atoms with Crippen molar-refractivity contribution in [1.82, 2.24) is 24.3 Å². The molecule has 0 saturated carbocycles. The number of rotatable bonds is 2. The third-order valence-electron chi connectivity index (χ3n) is 4.19. The summed E-state index contributed by atoms with van der Waals surface area (Å²) < 4.78 is 3.36. The van der Waals surface area contributed by atoms with Crippen LogP contribution in [0.25, 0.3) is 10.2 Å². The summed E-state index contributed by atoms with van der Waals surface area (Å²) in [7, 11) is 1.83. The van der Waals surface area contributed by atoms with E-state index in [9.17, 15) is 4.79 Å². The summed E-state index contributed by atoms with van der Waals surface area (Å²) in [6.07, 6.45) is 6.36. The van der Waals surface area contributed by atoms with E-state index >= 15 is 0 Å². The van der Waals surface area contributed by atoms with E-state index in [1.807, 2.05) is 14.0 Å². The molecular weight excluding hydrogens is 286 g/mol. The fourth-order valence-corrected chi connectivity index (χ4v) is 4.30. The van der Waals surface area contributed by atoms with Crippen molar-refractivity contribution >= 4 is 21.6 Å². The number of hydrogen-bond acceptors (Lipinski definition) is 5. The van der Waals surface area contributed by atoms with Gasteiger partial charge in [-0.3, -0.25) is 14.0 Å². The Balaban J connectivity index is 1.92. The highest BCUT2D eigenvalue weighted by atomic mass is 32.1. The topological polar surface area (TPSA) is 65.6 Å². The molecule has 0 bridgehead atoms. The zero-order chi connectivity index (χ0) is 14.6. The maximum atomic E-state index is 12.9. The first-order valence-corrected chi connectivity index (χ1v) is 7.83. The molecule has 4 rings (SSSR count). The average molecular weight is 301 g/mol. The Kier molecular flexibility index (Phi) is 2.72. The second-order valence-electron chi connectivity index (χ2n) is 5.41. The molecule has 1 atom stereocenters. The molecule has 0 radical (unpaired) electrons. The largest absolute Gasteiger partial charge is 0.288 e. The molecule has 0 aromatic carbocycles. The molecule has 0 fully saturated rings. The van der Waals surface area contributed by atoms with Crippen LogP contribution in [0.2, 0.25) is 0 Å². The molecule has 1 aliphatic carbocycles. The number of aryl methyl sites for hydroxylation is 3. The summed E-state index contributed by atoms with van der Waals surface area (Å²) in [6.45, 7) is 1.95. The van der Waals surface area contributed by atoms with Gasteiger partial charge < -0.3 is 0 Å². The molecule has 0 aliphatic heterocycles. The molecule has 108 valence electrons. The van der Waals surface area contributed by atoms with E-state index in [-0.39, 0.29) is 11.6 Å². The maximum Gasteiger partial charge on any atom is 0.263 e. The molecular formula is C14H15N5OS. The molecule has 7 heteroatoms. The molecule has 0 saturated heterocycles. The van der Waals surface area contributed by atoms with Gasteiger partial charge >= 0.3 is 0 Å². The molecule has 0 spiro atoms.